The van der Waals surface area contributed by atoms with Crippen molar-refractivity contribution in [2.45, 2.75) is 25.4 Å². The van der Waals surface area contributed by atoms with Crippen LogP contribution in [0.1, 0.15) is 18.8 Å². The molecule has 1 fully saturated rings. The van der Waals surface area contributed by atoms with E-state index in [0.717, 1.165) is 5.56 Å². The van der Waals surface area contributed by atoms with E-state index in [9.17, 15) is 5.11 Å². The van der Waals surface area contributed by atoms with Gasteiger partial charge in [-0.25, -0.2) is 0 Å². The molecule has 3 atom stereocenters. The largest absolute Gasteiger partial charge is 0.391 e. The van der Waals surface area contributed by atoms with Gasteiger partial charge in [0, 0.05) is 5.56 Å². The molecule has 1 aliphatic rings. The zero-order valence-electron chi connectivity index (χ0n) is 8.09. The number of hydrogen-bond acceptors (Lipinski definition) is 3. The van der Waals surface area contributed by atoms with Crippen LogP contribution in [-0.2, 0) is 9.47 Å². The summed E-state index contributed by atoms with van der Waals surface area (Å²) in [5.41, 5.74) is 0.996. The van der Waals surface area contributed by atoms with Gasteiger partial charge in [-0.05, 0) is 6.92 Å². The molecule has 0 aromatic heterocycles. The van der Waals surface area contributed by atoms with Crippen LogP contribution < -0.4 is 0 Å². The van der Waals surface area contributed by atoms with E-state index in [1.54, 1.807) is 6.92 Å². The topological polar surface area (TPSA) is 38.7 Å². The van der Waals surface area contributed by atoms with Gasteiger partial charge in [0.05, 0.1) is 12.7 Å². The van der Waals surface area contributed by atoms with Crippen LogP contribution in [0.4, 0.5) is 0 Å². The van der Waals surface area contributed by atoms with Gasteiger partial charge in [-0.3, -0.25) is 0 Å². The molecule has 0 amide bonds. The Morgan fingerprint density at radius 2 is 2.07 bits per heavy atom. The molecule has 0 radical (unpaired) electrons. The normalized spacial score (nSPS) is 29.0. The number of hydrogen-bond donors (Lipinski definition) is 1. The monoisotopic (exact) mass is 194 g/mol. The molecule has 14 heavy (non-hydrogen) atoms. The number of benzene rings is 1. The molecular formula is C11H14O3. The molecule has 1 saturated heterocycles. The lowest BCUT2D eigenvalue weighted by Crippen LogP contribution is -2.24. The third-order valence-corrected chi connectivity index (χ3v) is 2.32. The fraction of sp³-hybridized carbons (Fsp3) is 0.455. The zero-order chi connectivity index (χ0) is 9.97. The van der Waals surface area contributed by atoms with Crippen molar-refractivity contribution in [2.75, 3.05) is 6.61 Å². The third-order valence-electron chi connectivity index (χ3n) is 2.32. The maximum absolute atomic E-state index is 9.31. The van der Waals surface area contributed by atoms with Crippen molar-refractivity contribution in [1.29, 1.82) is 0 Å². The number of aliphatic hydroxyl groups excluding tert-OH is 1. The average molecular weight is 194 g/mol. The molecule has 1 unspecified atom stereocenters. The number of rotatable bonds is 2. The smallest absolute Gasteiger partial charge is 0.184 e. The van der Waals surface area contributed by atoms with Crippen molar-refractivity contribution in [2.24, 2.45) is 0 Å². The first-order chi connectivity index (χ1) is 6.77. The van der Waals surface area contributed by atoms with Crippen molar-refractivity contribution >= 4 is 0 Å². The molecule has 3 heteroatoms. The van der Waals surface area contributed by atoms with Crippen molar-refractivity contribution in [3.05, 3.63) is 35.9 Å². The molecule has 1 aliphatic heterocycles. The van der Waals surface area contributed by atoms with Crippen molar-refractivity contribution in [3.63, 3.8) is 0 Å². The fourth-order valence-electron chi connectivity index (χ4n) is 1.46. The first-order valence-corrected chi connectivity index (χ1v) is 4.77. The summed E-state index contributed by atoms with van der Waals surface area (Å²) in [6.07, 6.45) is -1.01. The summed E-state index contributed by atoms with van der Waals surface area (Å²) in [4.78, 5) is 0. The van der Waals surface area contributed by atoms with Crippen LogP contribution in [0.5, 0.6) is 0 Å². The maximum atomic E-state index is 9.31. The van der Waals surface area contributed by atoms with Crippen molar-refractivity contribution in [3.8, 4) is 0 Å². The number of aliphatic hydroxyl groups is 1. The van der Waals surface area contributed by atoms with Gasteiger partial charge >= 0.3 is 0 Å². The first kappa shape index (κ1) is 9.65. The van der Waals surface area contributed by atoms with Crippen LogP contribution >= 0.6 is 0 Å². The molecule has 0 saturated carbocycles. The highest BCUT2D eigenvalue weighted by Gasteiger charge is 2.29. The minimum atomic E-state index is -0.483. The molecule has 1 aromatic carbocycles. The molecular weight excluding hydrogens is 180 g/mol. The van der Waals surface area contributed by atoms with E-state index in [4.69, 9.17) is 9.47 Å². The van der Waals surface area contributed by atoms with Gasteiger partial charge in [-0.15, -0.1) is 0 Å². The maximum Gasteiger partial charge on any atom is 0.184 e. The Kier molecular flexibility index (Phi) is 2.82. The molecule has 0 aliphatic carbocycles. The quantitative estimate of drug-likeness (QED) is 0.775. The van der Waals surface area contributed by atoms with Crippen LogP contribution in [0, 0.1) is 0 Å². The van der Waals surface area contributed by atoms with Gasteiger partial charge in [0.1, 0.15) is 6.10 Å². The second-order valence-electron chi connectivity index (χ2n) is 3.49. The second kappa shape index (κ2) is 4.09. The minimum absolute atomic E-state index is 0.208. The van der Waals surface area contributed by atoms with E-state index in [1.165, 1.54) is 0 Å². The predicted octanol–water partition coefficient (Wildman–Crippen LogP) is 1.48. The second-order valence-corrected chi connectivity index (χ2v) is 3.49. The third kappa shape index (κ3) is 1.95. The SMILES string of the molecule is C[C@H](O)[C@H]1COC(c2ccccc2)O1. The molecule has 0 spiro atoms. The van der Waals surface area contributed by atoms with Crippen LogP contribution in [-0.4, -0.2) is 23.9 Å². The Morgan fingerprint density at radius 1 is 1.36 bits per heavy atom. The molecule has 2 rings (SSSR count). The Morgan fingerprint density at radius 3 is 2.64 bits per heavy atom. The van der Waals surface area contributed by atoms with Crippen molar-refractivity contribution in [1.82, 2.24) is 0 Å². The van der Waals surface area contributed by atoms with E-state index >= 15 is 0 Å². The van der Waals surface area contributed by atoms with E-state index in [2.05, 4.69) is 0 Å². The Bertz CT molecular complexity index is 284. The van der Waals surface area contributed by atoms with Crippen LogP contribution in [0.25, 0.3) is 0 Å². The highest BCUT2D eigenvalue weighted by molar-refractivity contribution is 5.16. The van der Waals surface area contributed by atoms with E-state index in [0.29, 0.717) is 6.61 Å². The van der Waals surface area contributed by atoms with Crippen LogP contribution in [0.2, 0.25) is 0 Å². The average Bonchev–Trinajstić information content (AvgIpc) is 2.68. The van der Waals surface area contributed by atoms with Gasteiger partial charge in [0.15, 0.2) is 6.29 Å². The highest BCUT2D eigenvalue weighted by atomic mass is 16.7. The standard InChI is InChI=1S/C11H14O3/c1-8(12)10-7-13-11(14-10)9-5-3-2-4-6-9/h2-6,8,10-12H,7H2,1H3/t8-,10+,11?/m0/s1. The van der Waals surface area contributed by atoms with Crippen molar-refractivity contribution < 1.29 is 14.6 Å². The minimum Gasteiger partial charge on any atom is -0.391 e. The number of ether oxygens (including phenoxy) is 2. The molecule has 1 heterocycles. The van der Waals surface area contributed by atoms with Gasteiger partial charge in [0.25, 0.3) is 0 Å². The van der Waals surface area contributed by atoms with Gasteiger partial charge < -0.3 is 14.6 Å². The lowest BCUT2D eigenvalue weighted by atomic mass is 10.2. The van der Waals surface area contributed by atoms with Gasteiger partial charge in [0.2, 0.25) is 0 Å². The summed E-state index contributed by atoms with van der Waals surface area (Å²) >= 11 is 0. The van der Waals surface area contributed by atoms with E-state index < -0.39 is 6.10 Å². The van der Waals surface area contributed by atoms with E-state index in [1.807, 2.05) is 30.3 Å². The summed E-state index contributed by atoms with van der Waals surface area (Å²) in [7, 11) is 0. The summed E-state index contributed by atoms with van der Waals surface area (Å²) in [5, 5.41) is 9.31. The van der Waals surface area contributed by atoms with Gasteiger partial charge in [-0.1, -0.05) is 30.3 Å². The van der Waals surface area contributed by atoms with E-state index in [-0.39, 0.29) is 12.4 Å². The molecule has 1 N–H and O–H groups in total. The first-order valence-electron chi connectivity index (χ1n) is 4.77. The lowest BCUT2D eigenvalue weighted by Gasteiger charge is -2.13. The molecule has 1 aromatic rings. The van der Waals surface area contributed by atoms with Gasteiger partial charge in [-0.2, -0.15) is 0 Å². The predicted molar refractivity (Wildman–Crippen MR) is 51.7 cm³/mol. The fourth-order valence-corrected chi connectivity index (χ4v) is 1.46. The summed E-state index contributed by atoms with van der Waals surface area (Å²) in [5.74, 6) is 0. The summed E-state index contributed by atoms with van der Waals surface area (Å²) in [6.45, 7) is 2.17. The molecule has 76 valence electrons. The molecule has 3 nitrogen and oxygen atoms in total. The lowest BCUT2D eigenvalue weighted by molar-refractivity contribution is -0.0801. The zero-order valence-corrected chi connectivity index (χ0v) is 8.09. The molecule has 0 bridgehead atoms. The highest BCUT2D eigenvalue weighted by Crippen LogP contribution is 2.27. The Hall–Kier alpha value is -0.900. The Balaban J connectivity index is 2.03. The summed E-state index contributed by atoms with van der Waals surface area (Å²) in [6, 6.07) is 9.74. The van der Waals surface area contributed by atoms with Crippen LogP contribution in [0.3, 0.4) is 0 Å². The summed E-state index contributed by atoms with van der Waals surface area (Å²) < 4.78 is 11.0. The Labute approximate surface area is 83.3 Å². The van der Waals surface area contributed by atoms with Crippen LogP contribution in [0.15, 0.2) is 30.3 Å².